The van der Waals surface area contributed by atoms with E-state index in [2.05, 4.69) is 10.6 Å². The molecule has 5 nitrogen and oxygen atoms in total. The van der Waals surface area contributed by atoms with Gasteiger partial charge in [0.25, 0.3) is 5.91 Å². The molecule has 1 aromatic heterocycles. The van der Waals surface area contributed by atoms with Crippen LogP contribution in [0.3, 0.4) is 0 Å². The Bertz CT molecular complexity index is 401. The second-order valence-electron chi connectivity index (χ2n) is 3.93. The lowest BCUT2D eigenvalue weighted by Gasteiger charge is -2.08. The number of carbonyl (C=O) groups is 2. The number of hydrogen-bond acceptors (Lipinski definition) is 4. The second kappa shape index (κ2) is 6.24. The van der Waals surface area contributed by atoms with Gasteiger partial charge in [-0.05, 0) is 25.3 Å². The number of carbonyl (C=O) groups excluding carboxylic acids is 2. The minimum Gasteiger partial charge on any atom is -0.397 e. The van der Waals surface area contributed by atoms with Gasteiger partial charge >= 0.3 is 0 Å². The van der Waals surface area contributed by atoms with Crippen molar-refractivity contribution in [2.75, 3.05) is 12.3 Å². The Labute approximate surface area is 104 Å². The standard InChI is InChI=1S/C11H17N3O2S/c1-7(2)14-9(15)3-5-13-11(16)10-8(12)4-6-17-10/h4,6-7H,3,5,12H2,1-2H3,(H,13,16)(H,14,15). The summed E-state index contributed by atoms with van der Waals surface area (Å²) in [6, 6.07) is 1.80. The van der Waals surface area contributed by atoms with Crippen molar-refractivity contribution >= 4 is 28.8 Å². The van der Waals surface area contributed by atoms with Crippen molar-refractivity contribution in [3.63, 3.8) is 0 Å². The number of amides is 2. The average Bonchev–Trinajstić information content (AvgIpc) is 2.63. The van der Waals surface area contributed by atoms with E-state index in [-0.39, 0.29) is 24.3 Å². The fourth-order valence-corrected chi connectivity index (χ4v) is 2.00. The number of nitrogen functional groups attached to an aromatic ring is 1. The van der Waals surface area contributed by atoms with Crippen molar-refractivity contribution in [1.29, 1.82) is 0 Å². The molecule has 0 radical (unpaired) electrons. The Morgan fingerprint density at radius 2 is 2.18 bits per heavy atom. The number of hydrogen-bond donors (Lipinski definition) is 3. The van der Waals surface area contributed by atoms with Crippen molar-refractivity contribution in [2.45, 2.75) is 26.3 Å². The number of nitrogens with two attached hydrogens (primary N) is 1. The van der Waals surface area contributed by atoms with E-state index in [1.165, 1.54) is 11.3 Å². The SMILES string of the molecule is CC(C)NC(=O)CCNC(=O)c1sccc1N. The zero-order chi connectivity index (χ0) is 12.8. The van der Waals surface area contributed by atoms with E-state index >= 15 is 0 Å². The topological polar surface area (TPSA) is 84.2 Å². The Kier molecular flexibility index (Phi) is 4.96. The summed E-state index contributed by atoms with van der Waals surface area (Å²) in [5.74, 6) is -0.297. The minimum absolute atomic E-state index is 0.0700. The van der Waals surface area contributed by atoms with Crippen LogP contribution in [0.15, 0.2) is 11.4 Å². The highest BCUT2D eigenvalue weighted by Gasteiger charge is 2.11. The first kappa shape index (κ1) is 13.5. The highest BCUT2D eigenvalue weighted by atomic mass is 32.1. The van der Waals surface area contributed by atoms with Crippen LogP contribution < -0.4 is 16.4 Å². The third kappa shape index (κ3) is 4.44. The van der Waals surface area contributed by atoms with Crippen LogP contribution in [0.5, 0.6) is 0 Å². The molecular formula is C11H17N3O2S. The Morgan fingerprint density at radius 3 is 2.71 bits per heavy atom. The summed E-state index contributed by atoms with van der Waals surface area (Å²) in [7, 11) is 0. The van der Waals surface area contributed by atoms with Gasteiger partial charge in [-0.1, -0.05) is 0 Å². The Balaban J connectivity index is 2.30. The molecular weight excluding hydrogens is 238 g/mol. The molecule has 0 aliphatic rings. The molecule has 1 aromatic rings. The molecule has 4 N–H and O–H groups in total. The van der Waals surface area contributed by atoms with Crippen LogP contribution in [0.1, 0.15) is 29.9 Å². The second-order valence-corrected chi connectivity index (χ2v) is 4.85. The first-order chi connectivity index (χ1) is 8.00. The predicted octanol–water partition coefficient (Wildman–Crippen LogP) is 0.975. The summed E-state index contributed by atoms with van der Waals surface area (Å²) in [6.45, 7) is 4.10. The van der Waals surface area contributed by atoms with Gasteiger partial charge in [0.05, 0.1) is 5.69 Å². The summed E-state index contributed by atoms with van der Waals surface area (Å²) in [5.41, 5.74) is 6.08. The van der Waals surface area contributed by atoms with E-state index in [9.17, 15) is 9.59 Å². The van der Waals surface area contributed by atoms with Crippen LogP contribution in [0.4, 0.5) is 5.69 Å². The van der Waals surface area contributed by atoms with Crippen molar-refractivity contribution in [3.8, 4) is 0 Å². The number of thiophene rings is 1. The van der Waals surface area contributed by atoms with Crippen molar-refractivity contribution in [1.82, 2.24) is 10.6 Å². The maximum atomic E-state index is 11.6. The Hall–Kier alpha value is -1.56. The normalized spacial score (nSPS) is 10.3. The van der Waals surface area contributed by atoms with E-state index in [4.69, 9.17) is 5.73 Å². The third-order valence-corrected chi connectivity index (χ3v) is 2.92. The van der Waals surface area contributed by atoms with Gasteiger partial charge in [0.15, 0.2) is 0 Å². The van der Waals surface area contributed by atoms with Crippen LogP contribution >= 0.6 is 11.3 Å². The lowest BCUT2D eigenvalue weighted by molar-refractivity contribution is -0.121. The summed E-state index contributed by atoms with van der Waals surface area (Å²) in [5, 5.41) is 7.17. The van der Waals surface area contributed by atoms with Gasteiger partial charge in [-0.3, -0.25) is 9.59 Å². The molecule has 0 atom stereocenters. The lowest BCUT2D eigenvalue weighted by Crippen LogP contribution is -2.34. The molecule has 0 aliphatic carbocycles. The zero-order valence-electron chi connectivity index (χ0n) is 9.95. The average molecular weight is 255 g/mol. The van der Waals surface area contributed by atoms with Crippen LogP contribution in [0.25, 0.3) is 0 Å². The molecule has 0 spiro atoms. The number of rotatable bonds is 5. The first-order valence-electron chi connectivity index (χ1n) is 5.41. The molecule has 0 fully saturated rings. The summed E-state index contributed by atoms with van der Waals surface area (Å²) in [6.07, 6.45) is 0.273. The van der Waals surface area contributed by atoms with Gasteiger partial charge in [-0.25, -0.2) is 0 Å². The maximum Gasteiger partial charge on any atom is 0.263 e. The quantitative estimate of drug-likeness (QED) is 0.733. The lowest BCUT2D eigenvalue weighted by atomic mass is 10.3. The van der Waals surface area contributed by atoms with Crippen LogP contribution in [0, 0.1) is 0 Å². The minimum atomic E-state index is -0.227. The van der Waals surface area contributed by atoms with Crippen molar-refractivity contribution in [2.24, 2.45) is 0 Å². The smallest absolute Gasteiger partial charge is 0.263 e. The van der Waals surface area contributed by atoms with E-state index in [0.29, 0.717) is 17.1 Å². The predicted molar refractivity (Wildman–Crippen MR) is 69.0 cm³/mol. The highest BCUT2D eigenvalue weighted by Crippen LogP contribution is 2.18. The molecule has 0 unspecified atom stereocenters. The van der Waals surface area contributed by atoms with Gasteiger partial charge < -0.3 is 16.4 Å². The molecule has 0 aliphatic heterocycles. The van der Waals surface area contributed by atoms with Crippen LogP contribution in [0.2, 0.25) is 0 Å². The fourth-order valence-electron chi connectivity index (χ4n) is 1.27. The largest absolute Gasteiger partial charge is 0.397 e. The van der Waals surface area contributed by atoms with Gasteiger partial charge in [0.1, 0.15) is 4.88 Å². The molecule has 1 rings (SSSR count). The fraction of sp³-hybridized carbons (Fsp3) is 0.455. The van der Waals surface area contributed by atoms with Gasteiger partial charge in [-0.2, -0.15) is 0 Å². The molecule has 0 saturated heterocycles. The van der Waals surface area contributed by atoms with E-state index in [0.717, 1.165) is 0 Å². The number of nitrogens with one attached hydrogen (secondary N) is 2. The van der Waals surface area contributed by atoms with Crippen LogP contribution in [-0.2, 0) is 4.79 Å². The van der Waals surface area contributed by atoms with E-state index in [1.807, 2.05) is 13.8 Å². The molecule has 2 amide bonds. The van der Waals surface area contributed by atoms with E-state index in [1.54, 1.807) is 11.4 Å². The first-order valence-corrected chi connectivity index (χ1v) is 6.29. The van der Waals surface area contributed by atoms with Gasteiger partial charge in [-0.15, -0.1) is 11.3 Å². The van der Waals surface area contributed by atoms with Crippen molar-refractivity contribution in [3.05, 3.63) is 16.3 Å². The zero-order valence-corrected chi connectivity index (χ0v) is 10.8. The third-order valence-electron chi connectivity index (χ3n) is 1.99. The highest BCUT2D eigenvalue weighted by molar-refractivity contribution is 7.12. The van der Waals surface area contributed by atoms with E-state index < -0.39 is 0 Å². The molecule has 17 heavy (non-hydrogen) atoms. The summed E-state index contributed by atoms with van der Waals surface area (Å²) >= 11 is 1.29. The van der Waals surface area contributed by atoms with Crippen molar-refractivity contribution < 1.29 is 9.59 Å². The monoisotopic (exact) mass is 255 g/mol. The molecule has 1 heterocycles. The molecule has 6 heteroatoms. The molecule has 0 aromatic carbocycles. The summed E-state index contributed by atoms with van der Waals surface area (Å²) in [4.78, 5) is 23.4. The molecule has 94 valence electrons. The molecule has 0 bridgehead atoms. The maximum absolute atomic E-state index is 11.6. The Morgan fingerprint density at radius 1 is 1.47 bits per heavy atom. The van der Waals surface area contributed by atoms with Gasteiger partial charge in [0, 0.05) is 19.0 Å². The number of anilines is 1. The van der Waals surface area contributed by atoms with Crippen LogP contribution in [-0.4, -0.2) is 24.4 Å². The summed E-state index contributed by atoms with van der Waals surface area (Å²) < 4.78 is 0. The van der Waals surface area contributed by atoms with Gasteiger partial charge in [0.2, 0.25) is 5.91 Å². The molecule has 0 saturated carbocycles.